The van der Waals surface area contributed by atoms with Gasteiger partial charge in [-0.3, -0.25) is 9.59 Å². The van der Waals surface area contributed by atoms with Crippen LogP contribution < -0.4 is 5.32 Å². The number of H-pyrrole nitrogens is 1. The molecule has 1 aliphatic rings. The number of aromatic nitrogens is 2. The molecule has 3 N–H and O–H groups in total. The molecule has 0 saturated carbocycles. The fourth-order valence-electron chi connectivity index (χ4n) is 4.10. The number of aliphatic hydroxyl groups is 1. The maximum absolute atomic E-state index is 13.4. The second kappa shape index (κ2) is 9.67. The van der Waals surface area contributed by atoms with Crippen LogP contribution >= 0.6 is 11.6 Å². The lowest BCUT2D eigenvalue weighted by molar-refractivity contribution is -0.138. The number of nitrogens with one attached hydrogen (secondary N) is 2. The van der Waals surface area contributed by atoms with Crippen LogP contribution in [0, 0.1) is 5.82 Å². The van der Waals surface area contributed by atoms with Crippen LogP contribution in [0.1, 0.15) is 35.3 Å². The quantitative estimate of drug-likeness (QED) is 0.494. The molecule has 2 aromatic heterocycles. The summed E-state index contributed by atoms with van der Waals surface area (Å²) in [7, 11) is 0. The van der Waals surface area contributed by atoms with Crippen molar-refractivity contribution in [3.8, 4) is 0 Å². The molecule has 1 fully saturated rings. The summed E-state index contributed by atoms with van der Waals surface area (Å²) in [6.07, 6.45) is 4.24. The Bertz CT molecular complexity index is 1120. The highest BCUT2D eigenvalue weighted by molar-refractivity contribution is 6.30. The average molecular weight is 459 g/mol. The van der Waals surface area contributed by atoms with Gasteiger partial charge in [0.15, 0.2) is 0 Å². The summed E-state index contributed by atoms with van der Waals surface area (Å²) >= 11 is 5.93. The van der Waals surface area contributed by atoms with E-state index in [1.165, 1.54) is 18.3 Å². The summed E-state index contributed by atoms with van der Waals surface area (Å²) in [5, 5.41) is 13.6. The number of fused-ring (bicyclic) bond motifs is 1. The molecule has 3 aromatic rings. The van der Waals surface area contributed by atoms with Gasteiger partial charge in [-0.05, 0) is 49.1 Å². The minimum absolute atomic E-state index is 0.126. The van der Waals surface area contributed by atoms with E-state index >= 15 is 0 Å². The molecule has 2 atom stereocenters. The summed E-state index contributed by atoms with van der Waals surface area (Å²) in [6.45, 7) is 0.398. The molecule has 2 amide bonds. The number of hydrogen-bond acceptors (Lipinski definition) is 4. The molecule has 0 aliphatic carbocycles. The van der Waals surface area contributed by atoms with Crippen LogP contribution in [0.3, 0.4) is 0 Å². The van der Waals surface area contributed by atoms with Gasteiger partial charge in [0.05, 0.1) is 24.4 Å². The van der Waals surface area contributed by atoms with Crippen molar-refractivity contribution in [2.45, 2.75) is 37.8 Å². The lowest BCUT2D eigenvalue weighted by Gasteiger charge is -2.37. The lowest BCUT2D eigenvalue weighted by atomic mass is 9.99. The first-order valence-corrected chi connectivity index (χ1v) is 10.9. The van der Waals surface area contributed by atoms with E-state index in [0.717, 1.165) is 30.2 Å². The Balaban J connectivity index is 1.58. The molecule has 1 unspecified atom stereocenters. The summed E-state index contributed by atoms with van der Waals surface area (Å²) in [5.74, 6) is -1.08. The van der Waals surface area contributed by atoms with Crippen molar-refractivity contribution in [3.63, 3.8) is 0 Å². The fraction of sp³-hybridized carbons (Fsp3) is 0.348. The first-order chi connectivity index (χ1) is 15.4. The fourth-order valence-corrected chi connectivity index (χ4v) is 4.27. The second-order valence-electron chi connectivity index (χ2n) is 8.00. The highest BCUT2D eigenvalue weighted by atomic mass is 35.5. The monoisotopic (exact) mass is 458 g/mol. The Kier molecular flexibility index (Phi) is 6.72. The van der Waals surface area contributed by atoms with Crippen molar-refractivity contribution in [2.75, 3.05) is 13.2 Å². The molecule has 3 heterocycles. The van der Waals surface area contributed by atoms with Crippen LogP contribution in [-0.4, -0.2) is 57.0 Å². The number of aromatic amines is 1. The van der Waals surface area contributed by atoms with Gasteiger partial charge in [0.25, 0.3) is 5.91 Å². The number of halogens is 2. The smallest absolute Gasteiger partial charge is 0.268 e. The van der Waals surface area contributed by atoms with Gasteiger partial charge in [0.2, 0.25) is 5.91 Å². The molecule has 1 aromatic carbocycles. The van der Waals surface area contributed by atoms with Gasteiger partial charge in [0, 0.05) is 18.4 Å². The lowest BCUT2D eigenvalue weighted by Crippen LogP contribution is -2.55. The molecule has 32 heavy (non-hydrogen) atoms. The highest BCUT2D eigenvalue weighted by Crippen LogP contribution is 2.20. The number of carbonyl (C=O) groups is 2. The third kappa shape index (κ3) is 4.92. The van der Waals surface area contributed by atoms with Crippen molar-refractivity contribution in [1.29, 1.82) is 0 Å². The zero-order valence-corrected chi connectivity index (χ0v) is 18.1. The number of benzene rings is 1. The first kappa shape index (κ1) is 22.2. The summed E-state index contributed by atoms with van der Waals surface area (Å²) < 4.78 is 13.3. The normalized spacial score (nSPS) is 17.3. The molecular formula is C23H24ClFN4O3. The predicted molar refractivity (Wildman–Crippen MR) is 119 cm³/mol. The van der Waals surface area contributed by atoms with E-state index in [-0.39, 0.29) is 36.5 Å². The Morgan fingerprint density at radius 1 is 1.28 bits per heavy atom. The molecule has 168 valence electrons. The zero-order valence-electron chi connectivity index (χ0n) is 17.4. The number of nitrogens with zero attached hydrogens (tertiary/aromatic N) is 2. The molecule has 1 saturated heterocycles. The van der Waals surface area contributed by atoms with Crippen molar-refractivity contribution >= 4 is 34.3 Å². The maximum Gasteiger partial charge on any atom is 0.268 e. The van der Waals surface area contributed by atoms with Crippen LogP contribution in [-0.2, 0) is 11.2 Å². The number of hydrogen-bond donors (Lipinski definition) is 3. The van der Waals surface area contributed by atoms with Crippen molar-refractivity contribution in [2.24, 2.45) is 0 Å². The van der Waals surface area contributed by atoms with Gasteiger partial charge >= 0.3 is 0 Å². The third-order valence-corrected chi connectivity index (χ3v) is 6.00. The number of amides is 2. The van der Waals surface area contributed by atoms with Crippen LogP contribution in [0.15, 0.2) is 42.6 Å². The minimum Gasteiger partial charge on any atom is -0.394 e. The first-order valence-electron chi connectivity index (χ1n) is 10.6. The molecule has 0 bridgehead atoms. The summed E-state index contributed by atoms with van der Waals surface area (Å²) in [4.78, 5) is 35.1. The predicted octanol–water partition coefficient (Wildman–Crippen LogP) is 3.07. The van der Waals surface area contributed by atoms with Gasteiger partial charge in [0.1, 0.15) is 22.7 Å². The van der Waals surface area contributed by atoms with E-state index in [1.807, 2.05) is 0 Å². The second-order valence-corrected chi connectivity index (χ2v) is 8.38. The molecule has 0 radical (unpaired) electrons. The van der Waals surface area contributed by atoms with E-state index in [1.54, 1.807) is 29.2 Å². The molecule has 9 heteroatoms. The van der Waals surface area contributed by atoms with Gasteiger partial charge in [-0.2, -0.15) is 0 Å². The maximum atomic E-state index is 13.4. The molecule has 0 spiro atoms. The van der Waals surface area contributed by atoms with E-state index < -0.39 is 11.9 Å². The molecule has 7 nitrogen and oxygen atoms in total. The number of likely N-dealkylation sites (tertiary alicyclic amines) is 1. The van der Waals surface area contributed by atoms with Crippen molar-refractivity contribution in [3.05, 3.63) is 64.8 Å². The van der Waals surface area contributed by atoms with Crippen LogP contribution in [0.5, 0.6) is 0 Å². The van der Waals surface area contributed by atoms with Gasteiger partial charge in [-0.1, -0.05) is 23.7 Å². The number of rotatable bonds is 6. The molecule has 1 aliphatic heterocycles. The van der Waals surface area contributed by atoms with Crippen LogP contribution in [0.25, 0.3) is 10.9 Å². The Morgan fingerprint density at radius 2 is 2.06 bits per heavy atom. The van der Waals surface area contributed by atoms with E-state index in [4.69, 9.17) is 11.6 Å². The van der Waals surface area contributed by atoms with Gasteiger partial charge < -0.3 is 20.3 Å². The summed E-state index contributed by atoms with van der Waals surface area (Å²) in [6, 6.07) is 7.99. The molecule has 4 rings (SSSR count). The Morgan fingerprint density at radius 3 is 2.81 bits per heavy atom. The zero-order chi connectivity index (χ0) is 22.7. The largest absolute Gasteiger partial charge is 0.394 e. The van der Waals surface area contributed by atoms with E-state index in [0.29, 0.717) is 17.2 Å². The van der Waals surface area contributed by atoms with Gasteiger partial charge in [-0.25, -0.2) is 9.37 Å². The van der Waals surface area contributed by atoms with E-state index in [9.17, 15) is 19.1 Å². The number of piperidine rings is 1. The number of carbonyl (C=O) groups excluding carboxylic acids is 2. The number of aliphatic hydroxyl groups excluding tert-OH is 1. The summed E-state index contributed by atoms with van der Waals surface area (Å²) in [5.41, 5.74) is 1.64. The molecular weight excluding hydrogens is 435 g/mol. The highest BCUT2D eigenvalue weighted by Gasteiger charge is 2.32. The average Bonchev–Trinajstić information content (AvgIpc) is 3.23. The Hall–Kier alpha value is -2.97. The topological polar surface area (TPSA) is 98.3 Å². The van der Waals surface area contributed by atoms with Crippen LogP contribution in [0.2, 0.25) is 5.15 Å². The number of pyridine rings is 1. The SMILES string of the molecule is O=C(N[C@@H](Cc1ccc(F)cc1)C(=O)N1CCCCC1CO)c1cc2cc(Cl)ncc2[nH]1. The Labute approximate surface area is 189 Å². The van der Waals surface area contributed by atoms with Gasteiger partial charge in [-0.15, -0.1) is 0 Å². The van der Waals surface area contributed by atoms with Crippen molar-refractivity contribution in [1.82, 2.24) is 20.2 Å². The third-order valence-electron chi connectivity index (χ3n) is 5.79. The van der Waals surface area contributed by atoms with Crippen molar-refractivity contribution < 1.29 is 19.1 Å². The van der Waals surface area contributed by atoms with Crippen LogP contribution in [0.4, 0.5) is 4.39 Å². The standard InChI is InChI=1S/C23H24ClFN4O3/c24-21-11-15-10-18(27-20(15)12-26-21)22(31)28-19(9-14-4-6-16(25)7-5-14)23(32)29-8-2-1-3-17(29)13-30/h4-7,10-12,17,19,27,30H,1-3,8-9,13H2,(H,28,31)/t17?,19-/m0/s1. The minimum atomic E-state index is -0.867. The van der Waals surface area contributed by atoms with E-state index in [2.05, 4.69) is 15.3 Å².